The van der Waals surface area contributed by atoms with Crippen LogP contribution in [0.1, 0.15) is 75.0 Å². The van der Waals surface area contributed by atoms with Gasteiger partial charge in [0.1, 0.15) is 5.60 Å². The lowest BCUT2D eigenvalue weighted by atomic mass is 9.68. The van der Waals surface area contributed by atoms with Crippen LogP contribution >= 0.6 is 23.2 Å². The Balaban J connectivity index is 0.00000176. The number of nitrogens with one attached hydrogen (secondary N) is 1. The van der Waals surface area contributed by atoms with E-state index in [4.69, 9.17) is 23.2 Å². The van der Waals surface area contributed by atoms with Crippen LogP contribution in [0, 0.1) is 0 Å². The van der Waals surface area contributed by atoms with Crippen LogP contribution in [0.25, 0.3) is 0 Å². The summed E-state index contributed by atoms with van der Waals surface area (Å²) in [5, 5.41) is 13.4. The zero-order valence-corrected chi connectivity index (χ0v) is 20.3. The number of rotatable bonds is 5. The van der Waals surface area contributed by atoms with Crippen LogP contribution < -0.4 is 5.32 Å². The molecule has 1 fully saturated rings. The van der Waals surface area contributed by atoms with Gasteiger partial charge in [-0.2, -0.15) is 0 Å². The van der Waals surface area contributed by atoms with E-state index in [2.05, 4.69) is 10.3 Å². The first-order chi connectivity index (χ1) is 14.9. The molecule has 32 heavy (non-hydrogen) atoms. The van der Waals surface area contributed by atoms with Gasteiger partial charge in [0.2, 0.25) is 5.92 Å². The first kappa shape index (κ1) is 26.5. The van der Waals surface area contributed by atoms with Crippen molar-refractivity contribution >= 4 is 29.1 Å². The largest absolute Gasteiger partial charge is 0.384 e. The maximum Gasteiger partial charge on any atom is 0.252 e. The maximum absolute atomic E-state index is 13.9. The average Bonchev–Trinajstić information content (AvgIpc) is 2.76. The fraction of sp³-hybridized carbons (Fsp3) is 0.500. The molecule has 0 saturated heterocycles. The minimum Gasteiger partial charge on any atom is -0.384 e. The zero-order valence-electron chi connectivity index (χ0n) is 18.8. The van der Waals surface area contributed by atoms with Crippen LogP contribution in [0.3, 0.4) is 0 Å². The van der Waals surface area contributed by atoms with Crippen molar-refractivity contribution in [1.82, 2.24) is 10.3 Å². The predicted octanol–water partition coefficient (Wildman–Crippen LogP) is 6.52. The van der Waals surface area contributed by atoms with E-state index >= 15 is 0 Å². The van der Waals surface area contributed by atoms with Crippen LogP contribution in [-0.2, 0) is 11.0 Å². The first-order valence-corrected chi connectivity index (χ1v) is 11.5. The van der Waals surface area contributed by atoms with Crippen molar-refractivity contribution in [2.75, 3.05) is 6.54 Å². The monoisotopic (exact) mass is 486 g/mol. The highest BCUT2D eigenvalue weighted by Crippen LogP contribution is 2.45. The van der Waals surface area contributed by atoms with Gasteiger partial charge in [-0.15, -0.1) is 0 Å². The summed E-state index contributed by atoms with van der Waals surface area (Å²) in [4.78, 5) is 17.0. The molecule has 1 saturated carbocycles. The maximum atomic E-state index is 13.9. The minimum absolute atomic E-state index is 0.150. The van der Waals surface area contributed by atoms with Gasteiger partial charge >= 0.3 is 0 Å². The third kappa shape index (κ3) is 6.18. The highest BCUT2D eigenvalue weighted by Gasteiger charge is 2.44. The number of amides is 1. The SMILES string of the molecule is CC.CC(C)(O)c1ccc(C2(CNC(=O)c3cccc(Cl)c3Cl)CCC(F)(F)CC2)cn1. The van der Waals surface area contributed by atoms with Gasteiger partial charge in [-0.1, -0.05) is 49.2 Å². The quantitative estimate of drug-likeness (QED) is 0.505. The molecule has 0 spiro atoms. The topological polar surface area (TPSA) is 62.2 Å². The van der Waals surface area contributed by atoms with Gasteiger partial charge < -0.3 is 10.4 Å². The highest BCUT2D eigenvalue weighted by atomic mass is 35.5. The van der Waals surface area contributed by atoms with Gasteiger partial charge in [-0.25, -0.2) is 8.78 Å². The van der Waals surface area contributed by atoms with E-state index in [0.29, 0.717) is 5.69 Å². The summed E-state index contributed by atoms with van der Waals surface area (Å²) >= 11 is 12.1. The molecule has 0 aliphatic heterocycles. The lowest BCUT2D eigenvalue weighted by Crippen LogP contribution is -2.45. The van der Waals surface area contributed by atoms with E-state index in [1.54, 1.807) is 50.4 Å². The molecule has 1 aliphatic rings. The first-order valence-electron chi connectivity index (χ1n) is 10.7. The van der Waals surface area contributed by atoms with Gasteiger partial charge in [0.25, 0.3) is 5.91 Å². The number of carbonyl (C=O) groups is 1. The van der Waals surface area contributed by atoms with Crippen molar-refractivity contribution in [3.05, 3.63) is 63.4 Å². The fourth-order valence-electron chi connectivity index (χ4n) is 3.76. The number of aliphatic hydroxyl groups is 1. The molecular weight excluding hydrogens is 457 g/mol. The third-order valence-electron chi connectivity index (χ3n) is 5.72. The molecule has 0 unspecified atom stereocenters. The number of hydrogen-bond acceptors (Lipinski definition) is 3. The smallest absolute Gasteiger partial charge is 0.252 e. The Bertz CT molecular complexity index is 919. The number of benzene rings is 1. The van der Waals surface area contributed by atoms with E-state index in [0.717, 1.165) is 5.56 Å². The second-order valence-electron chi connectivity index (χ2n) is 8.41. The molecular formula is C24H30Cl2F2N2O2. The van der Waals surface area contributed by atoms with E-state index in [1.807, 2.05) is 13.8 Å². The number of carbonyl (C=O) groups excluding carboxylic acids is 1. The third-order valence-corrected chi connectivity index (χ3v) is 6.54. The Kier molecular flexibility index (Phi) is 8.65. The molecule has 1 amide bonds. The van der Waals surface area contributed by atoms with Gasteiger partial charge in [-0.05, 0) is 50.5 Å². The molecule has 0 atom stereocenters. The summed E-state index contributed by atoms with van der Waals surface area (Å²) in [6, 6.07) is 8.26. The van der Waals surface area contributed by atoms with Crippen molar-refractivity contribution < 1.29 is 18.7 Å². The van der Waals surface area contributed by atoms with Gasteiger partial charge in [0.05, 0.1) is 21.3 Å². The summed E-state index contributed by atoms with van der Waals surface area (Å²) in [6.07, 6.45) is 1.47. The summed E-state index contributed by atoms with van der Waals surface area (Å²) in [5.74, 6) is -3.13. The summed E-state index contributed by atoms with van der Waals surface area (Å²) in [5.41, 5.74) is -0.326. The van der Waals surface area contributed by atoms with Gasteiger partial charge in [0, 0.05) is 31.0 Å². The molecule has 2 N–H and O–H groups in total. The molecule has 0 radical (unpaired) electrons. The van der Waals surface area contributed by atoms with E-state index in [1.165, 1.54) is 0 Å². The number of aromatic nitrogens is 1. The fourth-order valence-corrected chi connectivity index (χ4v) is 4.14. The molecule has 1 heterocycles. The van der Waals surface area contributed by atoms with Crippen LogP contribution in [-0.4, -0.2) is 28.5 Å². The summed E-state index contributed by atoms with van der Waals surface area (Å²) in [7, 11) is 0. The molecule has 3 rings (SSSR count). The lowest BCUT2D eigenvalue weighted by molar-refractivity contribution is -0.0516. The normalized spacial score (nSPS) is 17.2. The van der Waals surface area contributed by atoms with Gasteiger partial charge in [-0.3, -0.25) is 9.78 Å². The van der Waals surface area contributed by atoms with Crippen molar-refractivity contribution in [3.8, 4) is 0 Å². The lowest BCUT2D eigenvalue weighted by Gasteiger charge is -2.40. The predicted molar refractivity (Wildman–Crippen MR) is 125 cm³/mol. The molecule has 8 heteroatoms. The molecule has 1 aromatic carbocycles. The molecule has 1 aliphatic carbocycles. The minimum atomic E-state index is -2.72. The van der Waals surface area contributed by atoms with Crippen molar-refractivity contribution in [2.45, 2.75) is 70.3 Å². The number of pyridine rings is 1. The number of halogens is 4. The Morgan fingerprint density at radius 2 is 1.75 bits per heavy atom. The van der Waals surface area contributed by atoms with Gasteiger partial charge in [0.15, 0.2) is 0 Å². The molecule has 176 valence electrons. The number of alkyl halides is 2. The number of hydrogen-bond donors (Lipinski definition) is 2. The number of nitrogens with zero attached hydrogens (tertiary/aromatic N) is 1. The Hall–Kier alpha value is -1.76. The second-order valence-corrected chi connectivity index (χ2v) is 9.20. The molecule has 2 aromatic rings. The summed E-state index contributed by atoms with van der Waals surface area (Å²) < 4.78 is 27.8. The van der Waals surface area contributed by atoms with Crippen LogP contribution in [0.4, 0.5) is 8.78 Å². The highest BCUT2D eigenvalue weighted by molar-refractivity contribution is 6.43. The average molecular weight is 487 g/mol. The second kappa shape index (κ2) is 10.4. The van der Waals surface area contributed by atoms with E-state index < -0.39 is 22.8 Å². The zero-order chi connectivity index (χ0) is 24.2. The van der Waals surface area contributed by atoms with Crippen LogP contribution in [0.5, 0.6) is 0 Å². The van der Waals surface area contributed by atoms with Crippen LogP contribution in [0.15, 0.2) is 36.5 Å². The van der Waals surface area contributed by atoms with Crippen LogP contribution in [0.2, 0.25) is 10.0 Å². The van der Waals surface area contributed by atoms with Crippen molar-refractivity contribution in [2.24, 2.45) is 0 Å². The summed E-state index contributed by atoms with van der Waals surface area (Å²) in [6.45, 7) is 7.41. The van der Waals surface area contributed by atoms with Crippen molar-refractivity contribution in [1.29, 1.82) is 0 Å². The molecule has 0 bridgehead atoms. The molecule has 1 aromatic heterocycles. The standard InChI is InChI=1S/C22H24Cl2F2N2O2.C2H6/c1-20(2,30)17-7-6-14(12-27-17)21(8-10-22(25,26)11-9-21)13-28-19(29)15-4-3-5-16(23)18(15)24;1-2/h3-7,12,30H,8-11,13H2,1-2H3,(H,28,29);1-2H3. The van der Waals surface area contributed by atoms with Crippen molar-refractivity contribution in [3.63, 3.8) is 0 Å². The van der Waals surface area contributed by atoms with E-state index in [-0.39, 0.29) is 47.8 Å². The molecule has 4 nitrogen and oxygen atoms in total. The Morgan fingerprint density at radius 3 is 2.28 bits per heavy atom. The Labute approximate surface area is 198 Å². The van der Waals surface area contributed by atoms with E-state index in [9.17, 15) is 18.7 Å². The Morgan fingerprint density at radius 1 is 1.12 bits per heavy atom.